The molecule has 2 N–H and O–H groups in total. The summed E-state index contributed by atoms with van der Waals surface area (Å²) < 4.78 is 40.1. The molecule has 0 atom stereocenters. The van der Waals surface area contributed by atoms with Crippen LogP contribution in [0.5, 0.6) is 0 Å². The Morgan fingerprint density at radius 1 is 0.970 bits per heavy atom. The SMILES string of the molecule is O=C(Nc1cccc(C(F)(F)F)c1)Nc1ccccc1SCc1cc(=O)n2ccccc2n1. The fourth-order valence-corrected chi connectivity index (χ4v) is 3.98. The van der Waals surface area contributed by atoms with Crippen LogP contribution in [-0.4, -0.2) is 15.4 Å². The van der Waals surface area contributed by atoms with Crippen molar-refractivity contribution in [1.29, 1.82) is 0 Å². The number of fused-ring (bicyclic) bond motifs is 1. The van der Waals surface area contributed by atoms with E-state index in [-0.39, 0.29) is 11.2 Å². The second-order valence-electron chi connectivity index (χ2n) is 6.96. The number of carbonyl (C=O) groups excluding carboxylic acids is 1. The number of hydrogen-bond donors (Lipinski definition) is 2. The summed E-state index contributed by atoms with van der Waals surface area (Å²) in [7, 11) is 0. The third kappa shape index (κ3) is 5.53. The van der Waals surface area contributed by atoms with Crippen molar-refractivity contribution in [1.82, 2.24) is 9.38 Å². The van der Waals surface area contributed by atoms with Gasteiger partial charge in [-0.1, -0.05) is 24.3 Å². The van der Waals surface area contributed by atoms with E-state index in [0.29, 0.717) is 27.7 Å². The third-order valence-electron chi connectivity index (χ3n) is 4.58. The van der Waals surface area contributed by atoms with E-state index in [1.807, 2.05) is 0 Å². The number of rotatable bonds is 5. The minimum absolute atomic E-state index is 0.0216. The summed E-state index contributed by atoms with van der Waals surface area (Å²) in [5.74, 6) is 0.384. The molecule has 10 heteroatoms. The van der Waals surface area contributed by atoms with Crippen molar-refractivity contribution in [3.63, 3.8) is 0 Å². The van der Waals surface area contributed by atoms with Gasteiger partial charge in [-0.05, 0) is 42.5 Å². The van der Waals surface area contributed by atoms with Gasteiger partial charge >= 0.3 is 12.2 Å². The summed E-state index contributed by atoms with van der Waals surface area (Å²) in [6, 6.07) is 17.4. The maximum absolute atomic E-state index is 12.9. The Morgan fingerprint density at radius 2 is 1.76 bits per heavy atom. The number of alkyl halides is 3. The lowest BCUT2D eigenvalue weighted by atomic mass is 10.2. The van der Waals surface area contributed by atoms with E-state index in [2.05, 4.69) is 15.6 Å². The number of pyridine rings is 1. The lowest BCUT2D eigenvalue weighted by molar-refractivity contribution is -0.137. The van der Waals surface area contributed by atoms with Crippen molar-refractivity contribution < 1.29 is 18.0 Å². The molecule has 0 saturated carbocycles. The molecule has 0 unspecified atom stereocenters. The Hall–Kier alpha value is -3.79. The zero-order valence-electron chi connectivity index (χ0n) is 17.0. The van der Waals surface area contributed by atoms with E-state index in [4.69, 9.17) is 0 Å². The van der Waals surface area contributed by atoms with Crippen LogP contribution in [0.4, 0.5) is 29.3 Å². The molecule has 0 aliphatic rings. The minimum Gasteiger partial charge on any atom is -0.308 e. The predicted molar refractivity (Wildman–Crippen MR) is 122 cm³/mol. The molecule has 2 heterocycles. The van der Waals surface area contributed by atoms with Crippen molar-refractivity contribution in [2.24, 2.45) is 0 Å². The number of halogens is 3. The van der Waals surface area contributed by atoms with Gasteiger partial charge in [-0.3, -0.25) is 9.20 Å². The van der Waals surface area contributed by atoms with Gasteiger partial charge in [-0.15, -0.1) is 11.8 Å². The first-order valence-electron chi connectivity index (χ1n) is 9.74. The van der Waals surface area contributed by atoms with Gasteiger partial charge in [0.2, 0.25) is 0 Å². The number of nitrogens with one attached hydrogen (secondary N) is 2. The van der Waals surface area contributed by atoms with Crippen LogP contribution in [0.3, 0.4) is 0 Å². The Bertz CT molecular complexity index is 1370. The average Bonchev–Trinajstić information content (AvgIpc) is 2.78. The molecule has 2 aromatic heterocycles. The number of para-hydroxylation sites is 1. The second kappa shape index (κ2) is 9.37. The maximum Gasteiger partial charge on any atom is 0.416 e. The van der Waals surface area contributed by atoms with Gasteiger partial charge < -0.3 is 10.6 Å². The molecule has 4 aromatic rings. The number of carbonyl (C=O) groups is 1. The molecule has 0 aliphatic carbocycles. The highest BCUT2D eigenvalue weighted by Crippen LogP contribution is 2.31. The zero-order chi connectivity index (χ0) is 23.4. The van der Waals surface area contributed by atoms with Gasteiger partial charge in [0, 0.05) is 28.6 Å². The molecule has 6 nitrogen and oxygen atoms in total. The molecule has 2 aromatic carbocycles. The largest absolute Gasteiger partial charge is 0.416 e. The molecule has 0 spiro atoms. The first-order valence-corrected chi connectivity index (χ1v) is 10.7. The molecule has 0 saturated heterocycles. The number of anilines is 2. The van der Waals surface area contributed by atoms with Gasteiger partial charge in [-0.2, -0.15) is 13.2 Å². The molecule has 33 heavy (non-hydrogen) atoms. The van der Waals surface area contributed by atoms with E-state index in [0.717, 1.165) is 12.1 Å². The van der Waals surface area contributed by atoms with Crippen molar-refractivity contribution in [2.75, 3.05) is 10.6 Å². The molecular weight excluding hydrogens is 453 g/mol. The van der Waals surface area contributed by atoms with Crippen molar-refractivity contribution >= 4 is 34.8 Å². The number of hydrogen-bond acceptors (Lipinski definition) is 4. The Kier molecular flexibility index (Phi) is 6.36. The first kappa shape index (κ1) is 22.4. The fraction of sp³-hybridized carbons (Fsp3) is 0.0870. The van der Waals surface area contributed by atoms with Crippen molar-refractivity contribution in [3.8, 4) is 0 Å². The normalized spacial score (nSPS) is 11.4. The minimum atomic E-state index is -4.50. The molecule has 4 rings (SSSR count). The number of amides is 2. The van der Waals surface area contributed by atoms with E-state index in [1.165, 1.54) is 34.4 Å². The lowest BCUT2D eigenvalue weighted by Gasteiger charge is -2.13. The van der Waals surface area contributed by atoms with E-state index in [9.17, 15) is 22.8 Å². The molecule has 168 valence electrons. The molecular formula is C23H17F3N4O2S. The number of benzene rings is 2. The zero-order valence-corrected chi connectivity index (χ0v) is 17.8. The van der Waals surface area contributed by atoms with Gasteiger partial charge in [0.1, 0.15) is 5.65 Å². The summed E-state index contributed by atoms with van der Waals surface area (Å²) in [6.45, 7) is 0. The predicted octanol–water partition coefficient (Wildman–Crippen LogP) is 5.65. The van der Waals surface area contributed by atoms with Gasteiger partial charge in [0.25, 0.3) is 5.56 Å². The number of urea groups is 1. The van der Waals surface area contributed by atoms with Crippen LogP contribution in [0, 0.1) is 0 Å². The van der Waals surface area contributed by atoms with Crippen LogP contribution in [0.25, 0.3) is 5.65 Å². The standard InChI is InChI=1S/C23H17F3N4O2S/c24-23(25,26)15-6-5-7-16(12-15)28-22(32)29-18-8-1-2-9-19(18)33-14-17-13-21(31)30-11-4-3-10-20(30)27-17/h1-13H,14H2,(H2,28,29,32). The van der Waals surface area contributed by atoms with Crippen LogP contribution in [-0.2, 0) is 11.9 Å². The summed E-state index contributed by atoms with van der Waals surface area (Å²) in [4.78, 5) is 29.8. The lowest BCUT2D eigenvalue weighted by Crippen LogP contribution is -2.20. The van der Waals surface area contributed by atoms with Gasteiger partial charge in [0.15, 0.2) is 0 Å². The van der Waals surface area contributed by atoms with Crippen LogP contribution >= 0.6 is 11.8 Å². The third-order valence-corrected chi connectivity index (χ3v) is 5.69. The molecule has 0 bridgehead atoms. The summed E-state index contributed by atoms with van der Waals surface area (Å²) in [5, 5.41) is 5.07. The summed E-state index contributed by atoms with van der Waals surface area (Å²) in [5.41, 5.74) is 0.572. The highest BCUT2D eigenvalue weighted by Gasteiger charge is 2.30. The first-order chi connectivity index (χ1) is 15.8. The Labute approximate surface area is 190 Å². The molecule has 0 radical (unpaired) electrons. The van der Waals surface area contributed by atoms with Crippen LogP contribution < -0.4 is 16.2 Å². The fourth-order valence-electron chi connectivity index (χ4n) is 3.08. The highest BCUT2D eigenvalue weighted by molar-refractivity contribution is 7.98. The van der Waals surface area contributed by atoms with E-state index < -0.39 is 17.8 Å². The van der Waals surface area contributed by atoms with Crippen LogP contribution in [0.2, 0.25) is 0 Å². The van der Waals surface area contributed by atoms with Crippen molar-refractivity contribution in [2.45, 2.75) is 16.8 Å². The number of aromatic nitrogens is 2. The maximum atomic E-state index is 12.9. The Morgan fingerprint density at radius 3 is 2.58 bits per heavy atom. The molecule has 2 amide bonds. The molecule has 0 fully saturated rings. The number of thioether (sulfide) groups is 1. The van der Waals surface area contributed by atoms with E-state index in [1.54, 1.807) is 48.7 Å². The second-order valence-corrected chi connectivity index (χ2v) is 7.97. The van der Waals surface area contributed by atoms with Gasteiger partial charge in [-0.25, -0.2) is 9.78 Å². The summed E-state index contributed by atoms with van der Waals surface area (Å²) >= 11 is 1.37. The average molecular weight is 470 g/mol. The highest BCUT2D eigenvalue weighted by atomic mass is 32.2. The van der Waals surface area contributed by atoms with Crippen LogP contribution in [0.1, 0.15) is 11.3 Å². The molecule has 0 aliphatic heterocycles. The number of nitrogens with zero attached hydrogens (tertiary/aromatic N) is 2. The quantitative estimate of drug-likeness (QED) is 0.370. The monoisotopic (exact) mass is 470 g/mol. The smallest absolute Gasteiger partial charge is 0.308 e. The van der Waals surface area contributed by atoms with Gasteiger partial charge in [0.05, 0.1) is 16.9 Å². The van der Waals surface area contributed by atoms with Crippen molar-refractivity contribution in [3.05, 3.63) is 101 Å². The van der Waals surface area contributed by atoms with Crippen LogP contribution in [0.15, 0.2) is 88.7 Å². The Balaban J connectivity index is 1.46. The summed E-state index contributed by atoms with van der Waals surface area (Å²) in [6.07, 6.45) is -2.86. The van der Waals surface area contributed by atoms with E-state index >= 15 is 0 Å². The topological polar surface area (TPSA) is 75.5 Å².